The van der Waals surface area contributed by atoms with Crippen LogP contribution in [0.3, 0.4) is 0 Å². The number of carbonyl (C=O) groups excluding carboxylic acids is 2. The Kier molecular flexibility index (Phi) is 4.61. The van der Waals surface area contributed by atoms with Crippen LogP contribution >= 0.6 is 0 Å². The fourth-order valence-corrected chi connectivity index (χ4v) is 2.56. The molecule has 1 aliphatic rings. The molecule has 1 aliphatic heterocycles. The molecule has 0 saturated carbocycles. The van der Waals surface area contributed by atoms with E-state index in [4.69, 9.17) is 0 Å². The second-order valence-electron chi connectivity index (χ2n) is 4.99. The summed E-state index contributed by atoms with van der Waals surface area (Å²) in [6, 6.07) is 7.97. The van der Waals surface area contributed by atoms with Gasteiger partial charge in [0, 0.05) is 12.2 Å². The van der Waals surface area contributed by atoms with Crippen molar-refractivity contribution in [2.75, 3.05) is 25.1 Å². The molecule has 2 rings (SSSR count). The monoisotopic (exact) mass is 276 g/mol. The van der Waals surface area contributed by atoms with Crippen LogP contribution in [0, 0.1) is 0 Å². The Bertz CT molecular complexity index is 502. The molecule has 1 aromatic carbocycles. The van der Waals surface area contributed by atoms with E-state index in [1.54, 1.807) is 4.90 Å². The fourth-order valence-electron chi connectivity index (χ4n) is 2.56. The number of methoxy groups -OCH3 is 1. The molecule has 0 spiro atoms. The number of nitrogens with zero attached hydrogens (tertiary/aromatic N) is 1. The Morgan fingerprint density at radius 1 is 1.40 bits per heavy atom. The second-order valence-corrected chi connectivity index (χ2v) is 4.99. The molecule has 0 saturated heterocycles. The summed E-state index contributed by atoms with van der Waals surface area (Å²) in [7, 11) is 1.28. The summed E-state index contributed by atoms with van der Waals surface area (Å²) in [5.74, 6) is 0.328. The largest absolute Gasteiger partial charge is 0.453 e. The molecule has 2 amide bonds. The van der Waals surface area contributed by atoms with Crippen molar-refractivity contribution in [2.45, 2.75) is 25.7 Å². The van der Waals surface area contributed by atoms with Gasteiger partial charge in [0.1, 0.15) is 6.54 Å². The molecular weight excluding hydrogens is 256 g/mol. The van der Waals surface area contributed by atoms with Gasteiger partial charge in [0.15, 0.2) is 0 Å². The Balaban J connectivity index is 2.17. The Morgan fingerprint density at radius 2 is 2.15 bits per heavy atom. The normalized spacial score (nSPS) is 17.9. The van der Waals surface area contributed by atoms with E-state index in [1.807, 2.05) is 18.2 Å². The van der Waals surface area contributed by atoms with Crippen LogP contribution in [0.2, 0.25) is 0 Å². The number of hydrogen-bond donors (Lipinski definition) is 1. The van der Waals surface area contributed by atoms with E-state index in [2.05, 4.69) is 23.0 Å². The van der Waals surface area contributed by atoms with Gasteiger partial charge in [-0.3, -0.25) is 4.79 Å². The van der Waals surface area contributed by atoms with Crippen molar-refractivity contribution in [1.29, 1.82) is 0 Å². The number of anilines is 1. The average molecular weight is 276 g/mol. The van der Waals surface area contributed by atoms with Gasteiger partial charge in [-0.25, -0.2) is 4.79 Å². The minimum Gasteiger partial charge on any atom is -0.453 e. The number of fused-ring (bicyclic) bond motifs is 1. The van der Waals surface area contributed by atoms with Crippen LogP contribution in [0.4, 0.5) is 10.5 Å². The summed E-state index contributed by atoms with van der Waals surface area (Å²) in [6.07, 6.45) is 1.43. The van der Waals surface area contributed by atoms with E-state index >= 15 is 0 Å². The molecule has 0 aliphatic carbocycles. The van der Waals surface area contributed by atoms with Crippen molar-refractivity contribution < 1.29 is 14.3 Å². The Hall–Kier alpha value is -2.04. The predicted octanol–water partition coefficient (Wildman–Crippen LogP) is 2.27. The SMILES string of the molecule is COC(=O)NCC(=O)N1CCC[C@@H](C)c2ccccc21. The number of benzene rings is 1. The lowest BCUT2D eigenvalue weighted by Gasteiger charge is -2.23. The standard InChI is InChI=1S/C15H20N2O3/c1-11-6-5-9-17(13-8-4-3-7-12(11)13)14(18)10-16-15(19)20-2/h3-4,7-8,11H,5-6,9-10H2,1-2H3,(H,16,19)/t11-/m1/s1. The van der Waals surface area contributed by atoms with Crippen LogP contribution in [0.15, 0.2) is 24.3 Å². The van der Waals surface area contributed by atoms with Crippen LogP contribution in [0.5, 0.6) is 0 Å². The van der Waals surface area contributed by atoms with Crippen molar-refractivity contribution in [2.24, 2.45) is 0 Å². The van der Waals surface area contributed by atoms with Crippen LogP contribution in [0.1, 0.15) is 31.2 Å². The predicted molar refractivity (Wildman–Crippen MR) is 76.9 cm³/mol. The van der Waals surface area contributed by atoms with Crippen LogP contribution in [-0.2, 0) is 9.53 Å². The maximum Gasteiger partial charge on any atom is 0.407 e. The van der Waals surface area contributed by atoms with Gasteiger partial charge < -0.3 is 15.0 Å². The maximum absolute atomic E-state index is 12.3. The third kappa shape index (κ3) is 3.10. The van der Waals surface area contributed by atoms with E-state index in [9.17, 15) is 9.59 Å². The highest BCUT2D eigenvalue weighted by Crippen LogP contribution is 2.33. The number of alkyl carbamates (subject to hydrolysis) is 1. The lowest BCUT2D eigenvalue weighted by Crippen LogP contribution is -2.40. The second kappa shape index (κ2) is 6.41. The van der Waals surface area contributed by atoms with Gasteiger partial charge in [-0.1, -0.05) is 25.1 Å². The van der Waals surface area contributed by atoms with Crippen molar-refractivity contribution >= 4 is 17.7 Å². The quantitative estimate of drug-likeness (QED) is 0.901. The fraction of sp³-hybridized carbons (Fsp3) is 0.467. The number of para-hydroxylation sites is 1. The van der Waals surface area contributed by atoms with Gasteiger partial charge in [0.05, 0.1) is 7.11 Å². The van der Waals surface area contributed by atoms with E-state index in [0.29, 0.717) is 12.5 Å². The molecule has 1 N–H and O–H groups in total. The average Bonchev–Trinajstić information content (AvgIpc) is 2.64. The molecule has 0 radical (unpaired) electrons. The van der Waals surface area contributed by atoms with Crippen LogP contribution in [-0.4, -0.2) is 32.2 Å². The molecule has 0 unspecified atom stereocenters. The number of carbonyl (C=O) groups is 2. The molecule has 0 aromatic heterocycles. The van der Waals surface area contributed by atoms with Crippen molar-refractivity contribution in [3.8, 4) is 0 Å². The summed E-state index contributed by atoms with van der Waals surface area (Å²) in [5, 5.41) is 2.44. The lowest BCUT2D eigenvalue weighted by molar-refractivity contribution is -0.117. The zero-order valence-electron chi connectivity index (χ0n) is 11.9. The summed E-state index contributed by atoms with van der Waals surface area (Å²) < 4.78 is 4.48. The molecule has 5 nitrogen and oxygen atoms in total. The van der Waals surface area contributed by atoms with E-state index in [1.165, 1.54) is 12.7 Å². The highest BCUT2D eigenvalue weighted by Gasteiger charge is 2.24. The van der Waals surface area contributed by atoms with Crippen LogP contribution < -0.4 is 10.2 Å². The van der Waals surface area contributed by atoms with Gasteiger partial charge in [-0.2, -0.15) is 0 Å². The molecule has 1 atom stereocenters. The lowest BCUT2D eigenvalue weighted by atomic mass is 9.96. The summed E-state index contributed by atoms with van der Waals surface area (Å²) in [6.45, 7) is 2.82. The van der Waals surface area contributed by atoms with Gasteiger partial charge in [-0.05, 0) is 30.4 Å². The topological polar surface area (TPSA) is 58.6 Å². The molecule has 5 heteroatoms. The van der Waals surface area contributed by atoms with Gasteiger partial charge in [0.25, 0.3) is 0 Å². The zero-order chi connectivity index (χ0) is 14.5. The molecule has 1 aromatic rings. The highest BCUT2D eigenvalue weighted by atomic mass is 16.5. The first-order valence-electron chi connectivity index (χ1n) is 6.84. The van der Waals surface area contributed by atoms with E-state index in [0.717, 1.165) is 18.5 Å². The van der Waals surface area contributed by atoms with Gasteiger partial charge in [0.2, 0.25) is 5.91 Å². The number of amides is 2. The third-order valence-electron chi connectivity index (χ3n) is 3.65. The number of hydrogen-bond acceptors (Lipinski definition) is 3. The smallest absolute Gasteiger partial charge is 0.407 e. The van der Waals surface area contributed by atoms with Crippen molar-refractivity contribution in [3.05, 3.63) is 29.8 Å². The Morgan fingerprint density at radius 3 is 2.90 bits per heavy atom. The van der Waals surface area contributed by atoms with Gasteiger partial charge in [-0.15, -0.1) is 0 Å². The zero-order valence-corrected chi connectivity index (χ0v) is 11.9. The first-order chi connectivity index (χ1) is 9.63. The summed E-state index contributed by atoms with van der Waals surface area (Å²) >= 11 is 0. The van der Waals surface area contributed by atoms with Crippen molar-refractivity contribution in [3.63, 3.8) is 0 Å². The van der Waals surface area contributed by atoms with E-state index < -0.39 is 6.09 Å². The third-order valence-corrected chi connectivity index (χ3v) is 3.65. The minimum atomic E-state index is -0.588. The first-order valence-corrected chi connectivity index (χ1v) is 6.84. The maximum atomic E-state index is 12.3. The van der Waals surface area contributed by atoms with Crippen molar-refractivity contribution in [1.82, 2.24) is 5.32 Å². The molecule has 1 heterocycles. The van der Waals surface area contributed by atoms with Gasteiger partial charge >= 0.3 is 6.09 Å². The molecular formula is C15H20N2O3. The molecule has 20 heavy (non-hydrogen) atoms. The summed E-state index contributed by atoms with van der Waals surface area (Å²) in [5.41, 5.74) is 2.14. The minimum absolute atomic E-state index is 0.0462. The number of nitrogens with one attached hydrogen (secondary N) is 1. The number of rotatable bonds is 2. The van der Waals surface area contributed by atoms with E-state index in [-0.39, 0.29) is 12.5 Å². The Labute approximate surface area is 118 Å². The first kappa shape index (κ1) is 14.4. The van der Waals surface area contributed by atoms with Crippen LogP contribution in [0.25, 0.3) is 0 Å². The highest BCUT2D eigenvalue weighted by molar-refractivity contribution is 5.97. The summed E-state index contributed by atoms with van der Waals surface area (Å²) in [4.78, 5) is 25.1. The molecule has 0 bridgehead atoms. The molecule has 108 valence electrons. The molecule has 0 fully saturated rings. The number of ether oxygens (including phenoxy) is 1.